The number of nitrogens with one attached hydrogen (secondary N) is 2. The van der Waals surface area contributed by atoms with Crippen LogP contribution in [0.3, 0.4) is 0 Å². The van der Waals surface area contributed by atoms with E-state index in [2.05, 4.69) is 20.2 Å². The van der Waals surface area contributed by atoms with Crippen LogP contribution in [0.1, 0.15) is 17.4 Å². The summed E-state index contributed by atoms with van der Waals surface area (Å²) >= 11 is 7.99. The minimum absolute atomic E-state index is 0.0796. The fourth-order valence-corrected chi connectivity index (χ4v) is 5.51. The number of thiophene rings is 1. The Balaban J connectivity index is 2.41. The summed E-state index contributed by atoms with van der Waals surface area (Å²) in [5, 5.41) is 11.1. The van der Waals surface area contributed by atoms with Crippen molar-refractivity contribution in [2.75, 3.05) is 19.4 Å². The number of ether oxygens (including phenoxy) is 1. The molecule has 0 bridgehead atoms. The molecule has 2 rings (SSSR count). The van der Waals surface area contributed by atoms with E-state index in [-0.39, 0.29) is 33.1 Å². The van der Waals surface area contributed by atoms with Gasteiger partial charge in [0.15, 0.2) is 0 Å². The number of hydrogen-bond acceptors (Lipinski definition) is 9. The van der Waals surface area contributed by atoms with E-state index >= 15 is 0 Å². The molecule has 0 aliphatic carbocycles. The SMILES string of the molecule is CCOC(=O)CSc1cc(Cl)c(C)cc1S(=O)(=O)/N=C(/N=C/c1ccc([N+](=O)[O-])s1)NNC. The summed E-state index contributed by atoms with van der Waals surface area (Å²) in [6.45, 7) is 3.51. The number of esters is 1. The van der Waals surface area contributed by atoms with Crippen LogP contribution < -0.4 is 10.9 Å². The second-order valence-corrected chi connectivity index (χ2v) is 10.2. The first-order valence-corrected chi connectivity index (χ1v) is 12.8. The van der Waals surface area contributed by atoms with E-state index in [1.807, 2.05) is 0 Å². The fourth-order valence-electron chi connectivity index (χ4n) is 2.28. The molecule has 0 spiro atoms. The van der Waals surface area contributed by atoms with E-state index in [0.717, 1.165) is 23.1 Å². The predicted octanol–water partition coefficient (Wildman–Crippen LogP) is 3.16. The Bertz CT molecular complexity index is 1200. The van der Waals surface area contributed by atoms with E-state index in [0.29, 0.717) is 15.5 Å². The van der Waals surface area contributed by atoms with Crippen LogP contribution in [0.25, 0.3) is 0 Å². The topological polar surface area (TPSA) is 152 Å². The van der Waals surface area contributed by atoms with Crippen molar-refractivity contribution >= 4 is 67.9 Å². The van der Waals surface area contributed by atoms with E-state index in [9.17, 15) is 23.3 Å². The first kappa shape index (κ1) is 26.7. The van der Waals surface area contributed by atoms with Crippen molar-refractivity contribution in [3.05, 3.63) is 49.8 Å². The van der Waals surface area contributed by atoms with Gasteiger partial charge in [-0.25, -0.2) is 10.4 Å². The molecule has 1 heterocycles. The Morgan fingerprint density at radius 3 is 2.73 bits per heavy atom. The highest BCUT2D eigenvalue weighted by Gasteiger charge is 2.22. The third kappa shape index (κ3) is 7.78. The summed E-state index contributed by atoms with van der Waals surface area (Å²) < 4.78 is 34.8. The van der Waals surface area contributed by atoms with Crippen LogP contribution >= 0.6 is 34.7 Å². The second-order valence-electron chi connectivity index (χ2n) is 6.10. The minimum Gasteiger partial charge on any atom is -0.465 e. The highest BCUT2D eigenvalue weighted by atomic mass is 35.5. The summed E-state index contributed by atoms with van der Waals surface area (Å²) in [6.07, 6.45) is 1.25. The van der Waals surface area contributed by atoms with E-state index in [1.165, 1.54) is 37.5 Å². The summed E-state index contributed by atoms with van der Waals surface area (Å²) in [4.78, 5) is 26.5. The number of rotatable bonds is 9. The summed E-state index contributed by atoms with van der Waals surface area (Å²) in [5.74, 6) is -0.920. The van der Waals surface area contributed by atoms with Gasteiger partial charge in [0, 0.05) is 29.2 Å². The lowest BCUT2D eigenvalue weighted by Crippen LogP contribution is -2.33. The van der Waals surface area contributed by atoms with Gasteiger partial charge in [0.05, 0.1) is 22.2 Å². The number of hydrogen-bond donors (Lipinski definition) is 2. The van der Waals surface area contributed by atoms with E-state index in [4.69, 9.17) is 16.3 Å². The van der Waals surface area contributed by atoms with Crippen molar-refractivity contribution < 1.29 is 22.9 Å². The third-order valence-electron chi connectivity index (χ3n) is 3.70. The Labute approximate surface area is 203 Å². The zero-order valence-corrected chi connectivity index (χ0v) is 20.9. The van der Waals surface area contributed by atoms with Crippen molar-refractivity contribution in [2.24, 2.45) is 9.39 Å². The van der Waals surface area contributed by atoms with Crippen molar-refractivity contribution in [3.8, 4) is 0 Å². The van der Waals surface area contributed by atoms with Crippen molar-refractivity contribution in [2.45, 2.75) is 23.6 Å². The first-order chi connectivity index (χ1) is 15.6. The minimum atomic E-state index is -4.29. The zero-order chi connectivity index (χ0) is 24.6. The monoisotopic (exact) mass is 533 g/mol. The average Bonchev–Trinajstić information content (AvgIpc) is 3.22. The zero-order valence-electron chi connectivity index (χ0n) is 17.7. The normalized spacial score (nSPS) is 12.2. The van der Waals surface area contributed by atoms with Crippen molar-refractivity contribution in [1.29, 1.82) is 0 Å². The fraction of sp³-hybridized carbons (Fsp3) is 0.278. The van der Waals surface area contributed by atoms with Crippen LogP contribution in [0.4, 0.5) is 5.00 Å². The van der Waals surface area contributed by atoms with Gasteiger partial charge in [-0.15, -0.1) is 16.2 Å². The van der Waals surface area contributed by atoms with Gasteiger partial charge in [-0.1, -0.05) is 22.9 Å². The van der Waals surface area contributed by atoms with Gasteiger partial charge in [-0.2, -0.15) is 8.42 Å². The van der Waals surface area contributed by atoms with Crippen LogP contribution in [-0.4, -0.2) is 50.9 Å². The number of benzene rings is 1. The van der Waals surface area contributed by atoms with Gasteiger partial charge in [0.25, 0.3) is 10.0 Å². The molecule has 0 aliphatic heterocycles. The number of halogens is 1. The van der Waals surface area contributed by atoms with Crippen LogP contribution in [0.2, 0.25) is 5.02 Å². The number of aliphatic imine (C=N–C) groups is 1. The average molecular weight is 534 g/mol. The molecule has 0 atom stereocenters. The molecule has 0 amide bonds. The molecule has 11 nitrogen and oxygen atoms in total. The maximum Gasteiger partial charge on any atom is 0.324 e. The number of carbonyl (C=O) groups excluding carboxylic acids is 1. The van der Waals surface area contributed by atoms with Crippen LogP contribution in [0.15, 0.2) is 43.4 Å². The molecule has 0 saturated heterocycles. The maximum atomic E-state index is 13.1. The summed E-state index contributed by atoms with van der Waals surface area (Å²) in [7, 11) is -2.80. The number of sulfonamides is 1. The van der Waals surface area contributed by atoms with Gasteiger partial charge in [0.2, 0.25) is 5.96 Å². The molecule has 0 aliphatic rings. The van der Waals surface area contributed by atoms with Crippen molar-refractivity contribution in [3.63, 3.8) is 0 Å². The number of nitro groups is 1. The summed E-state index contributed by atoms with van der Waals surface area (Å²) in [5.41, 5.74) is 5.55. The number of nitrogens with zero attached hydrogens (tertiary/aromatic N) is 3. The number of carbonyl (C=O) groups is 1. The third-order valence-corrected chi connectivity index (χ3v) is 7.55. The number of hydrazine groups is 1. The lowest BCUT2D eigenvalue weighted by molar-refractivity contribution is -0.380. The highest BCUT2D eigenvalue weighted by Crippen LogP contribution is 2.33. The Hall–Kier alpha value is -2.52. The number of thioether (sulfide) groups is 1. The lowest BCUT2D eigenvalue weighted by atomic mass is 10.2. The molecule has 1 aromatic carbocycles. The molecule has 2 aromatic rings. The van der Waals surface area contributed by atoms with Crippen molar-refractivity contribution in [1.82, 2.24) is 10.9 Å². The summed E-state index contributed by atoms with van der Waals surface area (Å²) in [6, 6.07) is 5.60. The van der Waals surface area contributed by atoms with Gasteiger partial charge in [0.1, 0.15) is 4.90 Å². The van der Waals surface area contributed by atoms with Crippen LogP contribution in [-0.2, 0) is 19.6 Å². The van der Waals surface area contributed by atoms with Gasteiger partial charge < -0.3 is 4.74 Å². The lowest BCUT2D eigenvalue weighted by Gasteiger charge is -2.11. The quantitative estimate of drug-likeness (QED) is 0.123. The molecule has 0 fully saturated rings. The first-order valence-electron chi connectivity index (χ1n) is 9.22. The maximum absolute atomic E-state index is 13.1. The molecule has 0 unspecified atom stereocenters. The molecule has 0 saturated carbocycles. The Morgan fingerprint density at radius 2 is 2.12 bits per heavy atom. The number of guanidine groups is 1. The molecule has 15 heteroatoms. The molecule has 178 valence electrons. The van der Waals surface area contributed by atoms with E-state index in [1.54, 1.807) is 13.8 Å². The smallest absolute Gasteiger partial charge is 0.324 e. The molecule has 33 heavy (non-hydrogen) atoms. The van der Waals surface area contributed by atoms with Crippen LogP contribution in [0.5, 0.6) is 0 Å². The number of aryl methyl sites for hydroxylation is 1. The van der Waals surface area contributed by atoms with E-state index < -0.39 is 20.9 Å². The second kappa shape index (κ2) is 12.1. The Kier molecular flexibility index (Phi) is 9.79. The molecule has 2 N–H and O–H groups in total. The molecule has 0 radical (unpaired) electrons. The Morgan fingerprint density at radius 1 is 1.39 bits per heavy atom. The molecular weight excluding hydrogens is 514 g/mol. The highest BCUT2D eigenvalue weighted by molar-refractivity contribution is 8.00. The molecular formula is C18H20ClN5O6S3. The molecule has 1 aromatic heterocycles. The van der Waals surface area contributed by atoms with Gasteiger partial charge in [-0.3, -0.25) is 20.3 Å². The van der Waals surface area contributed by atoms with Gasteiger partial charge >= 0.3 is 11.0 Å². The van der Waals surface area contributed by atoms with Gasteiger partial charge in [-0.05, 0) is 37.6 Å². The standard InChI is InChI=1S/C18H20ClN5O6S3/c1-4-30-17(25)10-31-14-8-13(19)11(2)7-15(14)33(28,29)23-18(22-20-3)21-9-12-5-6-16(32-12)24(26)27/h5-9,20H,4,10H2,1-3H3,(H,22,23)/b21-9+. The largest absolute Gasteiger partial charge is 0.465 e. The predicted molar refractivity (Wildman–Crippen MR) is 129 cm³/mol. The van der Waals surface area contributed by atoms with Crippen LogP contribution in [0, 0.1) is 17.0 Å².